The Kier molecular flexibility index (Phi) is 9.08. The molecule has 3 aromatic rings. The molecule has 4 rings (SSSR count). The second kappa shape index (κ2) is 12.7. The minimum Gasteiger partial charge on any atom is -0.486 e. The van der Waals surface area contributed by atoms with Crippen LogP contribution in [0.1, 0.15) is 50.6 Å². The van der Waals surface area contributed by atoms with Crippen LogP contribution in [-0.2, 0) is 6.54 Å². The molecule has 3 N–H and O–H groups in total. The van der Waals surface area contributed by atoms with Crippen molar-refractivity contribution in [3.63, 3.8) is 0 Å². The Morgan fingerprint density at radius 2 is 1.95 bits per heavy atom. The van der Waals surface area contributed by atoms with Crippen LogP contribution in [0.15, 0.2) is 61.1 Å². The van der Waals surface area contributed by atoms with E-state index in [0.29, 0.717) is 25.3 Å². The maximum atomic E-state index is 13.6. The fraction of sp³-hybridized carbons (Fsp3) is 0.345. The lowest BCUT2D eigenvalue weighted by atomic mass is 9.98. The average molecular weight is 548 g/mol. The molecule has 1 aliphatic rings. The number of hydrogen-bond acceptors (Lipinski definition) is 8. The van der Waals surface area contributed by atoms with Gasteiger partial charge in [-0.05, 0) is 43.8 Å². The molecule has 210 valence electrons. The highest BCUT2D eigenvalue weighted by atomic mass is 16.5. The van der Waals surface area contributed by atoms with Crippen LogP contribution in [0.4, 0.5) is 5.69 Å². The standard InChI is InChI=1S/C29H33N5O6/c1-18-14-34(19(2)17-35)28(37)22-5-4-6-23(32-27(36)24-13-30-11-12-31-24)26(22)40-25(18)16-33(3)15-20-7-9-21(10-8-20)29(38)39/h4-13,18-19,25,35H,14-17H2,1-3H3,(H,32,36)(H,38,39)/t18-,19-,25+/m0/s1. The zero-order chi connectivity index (χ0) is 28.8. The molecule has 0 fully saturated rings. The third-order valence-electron chi connectivity index (χ3n) is 6.88. The molecule has 0 saturated heterocycles. The first kappa shape index (κ1) is 28.7. The molecule has 0 radical (unpaired) electrons. The first-order valence-electron chi connectivity index (χ1n) is 13.0. The van der Waals surface area contributed by atoms with E-state index in [4.69, 9.17) is 9.84 Å². The number of carboxylic acids is 1. The summed E-state index contributed by atoms with van der Waals surface area (Å²) in [6.45, 7) is 4.95. The third-order valence-corrected chi connectivity index (χ3v) is 6.88. The van der Waals surface area contributed by atoms with Gasteiger partial charge in [0.2, 0.25) is 0 Å². The number of amides is 2. The lowest BCUT2D eigenvalue weighted by Crippen LogP contribution is -2.49. The number of benzene rings is 2. The predicted molar refractivity (Wildman–Crippen MR) is 147 cm³/mol. The molecule has 0 unspecified atom stereocenters. The molecule has 0 saturated carbocycles. The summed E-state index contributed by atoms with van der Waals surface area (Å²) in [5.41, 5.74) is 1.88. The molecule has 11 nitrogen and oxygen atoms in total. The van der Waals surface area contributed by atoms with Crippen molar-refractivity contribution in [1.82, 2.24) is 19.8 Å². The van der Waals surface area contributed by atoms with Gasteiger partial charge in [-0.3, -0.25) is 19.5 Å². The summed E-state index contributed by atoms with van der Waals surface area (Å²) >= 11 is 0. The van der Waals surface area contributed by atoms with Crippen LogP contribution < -0.4 is 10.1 Å². The number of aliphatic hydroxyl groups excluding tert-OH is 1. The minimum atomic E-state index is -0.978. The van der Waals surface area contributed by atoms with Crippen LogP contribution in [0.2, 0.25) is 0 Å². The number of hydrogen-bond donors (Lipinski definition) is 3. The molecule has 40 heavy (non-hydrogen) atoms. The van der Waals surface area contributed by atoms with E-state index >= 15 is 0 Å². The summed E-state index contributed by atoms with van der Waals surface area (Å²) in [6.07, 6.45) is 3.84. The van der Waals surface area contributed by atoms with Gasteiger partial charge in [0.1, 0.15) is 11.8 Å². The second-order valence-corrected chi connectivity index (χ2v) is 10.0. The van der Waals surface area contributed by atoms with Gasteiger partial charge in [0.05, 0.1) is 35.7 Å². The molecule has 1 aromatic heterocycles. The van der Waals surface area contributed by atoms with Crippen molar-refractivity contribution in [3.05, 3.63) is 83.4 Å². The van der Waals surface area contributed by atoms with Gasteiger partial charge in [-0.25, -0.2) is 9.78 Å². The largest absolute Gasteiger partial charge is 0.486 e. The lowest BCUT2D eigenvalue weighted by molar-refractivity contribution is 0.0343. The summed E-state index contributed by atoms with van der Waals surface area (Å²) in [4.78, 5) is 49.4. The van der Waals surface area contributed by atoms with Crippen LogP contribution in [0.3, 0.4) is 0 Å². The second-order valence-electron chi connectivity index (χ2n) is 10.0. The monoisotopic (exact) mass is 547 g/mol. The van der Waals surface area contributed by atoms with Crippen molar-refractivity contribution in [2.45, 2.75) is 32.5 Å². The molecule has 0 aliphatic carbocycles. The zero-order valence-electron chi connectivity index (χ0n) is 22.7. The number of fused-ring (bicyclic) bond motifs is 1. The molecular formula is C29H33N5O6. The zero-order valence-corrected chi connectivity index (χ0v) is 22.7. The van der Waals surface area contributed by atoms with Crippen LogP contribution >= 0.6 is 0 Å². The van der Waals surface area contributed by atoms with Crippen LogP contribution in [-0.4, -0.2) is 86.7 Å². The summed E-state index contributed by atoms with van der Waals surface area (Å²) in [5, 5.41) is 21.9. The highest BCUT2D eigenvalue weighted by Gasteiger charge is 2.34. The Hall–Kier alpha value is -4.35. The van der Waals surface area contributed by atoms with Crippen molar-refractivity contribution < 1.29 is 29.3 Å². The molecular weight excluding hydrogens is 514 g/mol. The third kappa shape index (κ3) is 6.61. The van der Waals surface area contributed by atoms with Crippen LogP contribution in [0.5, 0.6) is 5.75 Å². The summed E-state index contributed by atoms with van der Waals surface area (Å²) < 4.78 is 6.53. The van der Waals surface area contributed by atoms with Gasteiger partial charge in [0.25, 0.3) is 11.8 Å². The number of nitrogens with one attached hydrogen (secondary N) is 1. The Morgan fingerprint density at radius 3 is 2.60 bits per heavy atom. The van der Waals surface area contributed by atoms with Crippen molar-refractivity contribution in [1.29, 1.82) is 0 Å². The van der Waals surface area contributed by atoms with Gasteiger partial charge in [-0.15, -0.1) is 0 Å². The van der Waals surface area contributed by atoms with Crippen molar-refractivity contribution in [2.75, 3.05) is 32.1 Å². The molecule has 1 aliphatic heterocycles. The number of para-hydroxylation sites is 1. The Balaban J connectivity index is 1.64. The number of likely N-dealkylation sites (N-methyl/N-ethyl adjacent to an activating group) is 1. The molecule has 2 amide bonds. The maximum absolute atomic E-state index is 13.6. The fourth-order valence-electron chi connectivity index (χ4n) is 4.60. The van der Waals surface area contributed by atoms with Gasteiger partial charge in [0.15, 0.2) is 5.75 Å². The number of ether oxygens (including phenoxy) is 1. The van der Waals surface area contributed by atoms with Gasteiger partial charge in [-0.1, -0.05) is 25.1 Å². The number of anilines is 1. The molecule has 2 heterocycles. The SMILES string of the molecule is C[C@H]1CN([C@@H](C)CO)C(=O)c2cccc(NC(=O)c3cnccn3)c2O[C@@H]1CN(C)Cc1ccc(C(=O)O)cc1. The quantitative estimate of drug-likeness (QED) is 0.368. The number of aromatic carboxylic acids is 1. The Labute approximate surface area is 232 Å². The van der Waals surface area contributed by atoms with E-state index in [1.807, 2.05) is 14.0 Å². The number of nitrogens with zero attached hydrogens (tertiary/aromatic N) is 4. The smallest absolute Gasteiger partial charge is 0.335 e. The Bertz CT molecular complexity index is 1350. The van der Waals surface area contributed by atoms with Gasteiger partial charge in [-0.2, -0.15) is 0 Å². The lowest BCUT2D eigenvalue weighted by Gasteiger charge is -2.38. The van der Waals surface area contributed by atoms with E-state index in [9.17, 15) is 19.5 Å². The average Bonchev–Trinajstić information content (AvgIpc) is 2.95. The van der Waals surface area contributed by atoms with E-state index in [-0.39, 0.29) is 41.0 Å². The number of rotatable bonds is 9. The number of carbonyl (C=O) groups excluding carboxylic acids is 2. The summed E-state index contributed by atoms with van der Waals surface area (Å²) in [6, 6.07) is 11.3. The number of aliphatic hydroxyl groups is 1. The maximum Gasteiger partial charge on any atom is 0.335 e. The number of aromatic nitrogens is 2. The molecule has 2 aromatic carbocycles. The normalized spacial score (nSPS) is 17.8. The molecule has 0 spiro atoms. The van der Waals surface area contributed by atoms with Crippen molar-refractivity contribution in [3.8, 4) is 5.75 Å². The van der Waals surface area contributed by atoms with Gasteiger partial charge >= 0.3 is 5.97 Å². The first-order chi connectivity index (χ1) is 19.2. The van der Waals surface area contributed by atoms with E-state index in [1.165, 1.54) is 18.6 Å². The number of carboxylic acid groups (broad SMARTS) is 1. The highest BCUT2D eigenvalue weighted by molar-refractivity contribution is 6.06. The fourth-order valence-corrected chi connectivity index (χ4v) is 4.60. The van der Waals surface area contributed by atoms with Crippen LogP contribution in [0, 0.1) is 5.92 Å². The van der Waals surface area contributed by atoms with Crippen LogP contribution in [0.25, 0.3) is 0 Å². The topological polar surface area (TPSA) is 145 Å². The van der Waals surface area contributed by atoms with E-state index in [2.05, 4.69) is 20.2 Å². The summed E-state index contributed by atoms with van der Waals surface area (Å²) in [5.74, 6) is -1.66. The molecule has 11 heteroatoms. The van der Waals surface area contributed by atoms with Gasteiger partial charge < -0.3 is 25.2 Å². The van der Waals surface area contributed by atoms with E-state index in [0.717, 1.165) is 5.56 Å². The van der Waals surface area contributed by atoms with Crippen molar-refractivity contribution in [2.24, 2.45) is 5.92 Å². The molecule has 0 bridgehead atoms. The van der Waals surface area contributed by atoms with E-state index in [1.54, 1.807) is 54.3 Å². The van der Waals surface area contributed by atoms with E-state index < -0.39 is 24.0 Å². The Morgan fingerprint density at radius 1 is 1.20 bits per heavy atom. The summed E-state index contributed by atoms with van der Waals surface area (Å²) in [7, 11) is 1.93. The predicted octanol–water partition coefficient (Wildman–Crippen LogP) is 2.78. The highest BCUT2D eigenvalue weighted by Crippen LogP contribution is 2.35. The molecule has 3 atom stereocenters. The van der Waals surface area contributed by atoms with Crippen molar-refractivity contribution >= 4 is 23.5 Å². The first-order valence-corrected chi connectivity index (χ1v) is 13.0. The minimum absolute atomic E-state index is 0.117. The van der Waals surface area contributed by atoms with Gasteiger partial charge in [0, 0.05) is 37.9 Å². The number of carbonyl (C=O) groups is 3.